The van der Waals surface area contributed by atoms with Crippen LogP contribution in [0.5, 0.6) is 0 Å². The Bertz CT molecular complexity index is 1620. The first-order chi connectivity index (χ1) is 23.9. The second-order valence-electron chi connectivity index (χ2n) is 11.6. The van der Waals surface area contributed by atoms with E-state index in [2.05, 4.69) is 16.4 Å². The number of rotatable bonds is 16. The molecule has 1 saturated heterocycles. The summed E-state index contributed by atoms with van der Waals surface area (Å²) in [5.74, 6) is -2.85. The summed E-state index contributed by atoms with van der Waals surface area (Å²) in [5.41, 5.74) is -0.292. The SMILES string of the molecule is COCCN(CCOC)c1nc(C(=O)NC2(C(=O)OCc3ccccc3)CC2C(=O)OCc2ccccc2)c(N2CCOCC2)nc1C#N. The molecule has 0 spiro atoms. The summed E-state index contributed by atoms with van der Waals surface area (Å²) in [4.78, 5) is 54.3. The number of hydrogen-bond donors (Lipinski definition) is 1. The molecule has 2 fully saturated rings. The molecule has 2 heterocycles. The molecule has 2 atom stereocenters. The number of nitrogens with one attached hydrogen (secondary N) is 1. The van der Waals surface area contributed by atoms with E-state index in [1.54, 1.807) is 31.3 Å². The van der Waals surface area contributed by atoms with Gasteiger partial charge >= 0.3 is 11.9 Å². The lowest BCUT2D eigenvalue weighted by Crippen LogP contribution is -2.48. The molecular weight excluding hydrogens is 632 g/mol. The normalized spacial score (nSPS) is 18.2. The zero-order chi connectivity index (χ0) is 34.6. The van der Waals surface area contributed by atoms with Crippen molar-refractivity contribution in [2.75, 3.05) is 76.6 Å². The number of ether oxygens (including phenoxy) is 5. The highest BCUT2D eigenvalue weighted by Crippen LogP contribution is 2.46. The first-order valence-corrected chi connectivity index (χ1v) is 16.0. The van der Waals surface area contributed by atoms with Crippen molar-refractivity contribution < 1.29 is 38.1 Å². The van der Waals surface area contributed by atoms with Crippen LogP contribution in [0.2, 0.25) is 0 Å². The Balaban J connectivity index is 1.47. The molecule has 2 aliphatic rings. The number of hydrogen-bond acceptors (Lipinski definition) is 13. The van der Waals surface area contributed by atoms with Crippen molar-refractivity contribution in [2.24, 2.45) is 5.92 Å². The van der Waals surface area contributed by atoms with E-state index in [0.29, 0.717) is 52.6 Å². The van der Waals surface area contributed by atoms with Crippen molar-refractivity contribution in [1.82, 2.24) is 15.3 Å². The third kappa shape index (κ3) is 8.69. The van der Waals surface area contributed by atoms with Crippen LogP contribution in [0.25, 0.3) is 0 Å². The third-order valence-corrected chi connectivity index (χ3v) is 8.30. The van der Waals surface area contributed by atoms with Crippen LogP contribution in [0.4, 0.5) is 11.6 Å². The van der Waals surface area contributed by atoms with E-state index in [1.165, 1.54) is 0 Å². The molecule has 49 heavy (non-hydrogen) atoms. The van der Waals surface area contributed by atoms with Crippen molar-refractivity contribution in [3.05, 3.63) is 83.2 Å². The summed E-state index contributed by atoms with van der Waals surface area (Å²) in [6.07, 6.45) is -0.0305. The fourth-order valence-electron chi connectivity index (χ4n) is 5.49. The summed E-state index contributed by atoms with van der Waals surface area (Å²) in [7, 11) is 3.11. The van der Waals surface area contributed by atoms with Crippen molar-refractivity contribution >= 4 is 29.5 Å². The summed E-state index contributed by atoms with van der Waals surface area (Å²) >= 11 is 0. The molecule has 1 N–H and O–H groups in total. The van der Waals surface area contributed by atoms with E-state index in [1.807, 2.05) is 53.4 Å². The number of amides is 1. The highest BCUT2D eigenvalue weighted by molar-refractivity contribution is 6.04. The number of esters is 2. The van der Waals surface area contributed by atoms with E-state index in [9.17, 15) is 19.6 Å². The lowest BCUT2D eigenvalue weighted by molar-refractivity contribution is -0.154. The maximum Gasteiger partial charge on any atom is 0.333 e. The van der Waals surface area contributed by atoms with Gasteiger partial charge in [0.25, 0.3) is 5.91 Å². The van der Waals surface area contributed by atoms with Gasteiger partial charge in [-0.3, -0.25) is 9.59 Å². The fraction of sp³-hybridized carbons (Fsp3) is 0.429. The molecule has 1 amide bonds. The lowest BCUT2D eigenvalue weighted by atomic mass is 10.1. The molecule has 5 rings (SSSR count). The number of carbonyl (C=O) groups excluding carboxylic acids is 3. The maximum atomic E-state index is 14.3. The third-order valence-electron chi connectivity index (χ3n) is 8.30. The number of morpholine rings is 1. The van der Waals surface area contributed by atoms with E-state index < -0.39 is 29.3 Å². The molecule has 0 bridgehead atoms. The molecule has 1 aliphatic heterocycles. The smallest absolute Gasteiger partial charge is 0.333 e. The molecule has 1 saturated carbocycles. The van der Waals surface area contributed by atoms with Crippen molar-refractivity contribution in [3.8, 4) is 6.07 Å². The Morgan fingerprint density at radius 3 is 2.10 bits per heavy atom. The number of nitrogens with zero attached hydrogens (tertiary/aromatic N) is 5. The molecule has 258 valence electrons. The molecule has 0 radical (unpaired) electrons. The van der Waals surface area contributed by atoms with Crippen molar-refractivity contribution in [2.45, 2.75) is 25.2 Å². The van der Waals surface area contributed by atoms with Gasteiger partial charge in [0.05, 0.1) is 32.3 Å². The monoisotopic (exact) mass is 672 g/mol. The predicted octanol–water partition coefficient (Wildman–Crippen LogP) is 2.26. The zero-order valence-corrected chi connectivity index (χ0v) is 27.6. The van der Waals surface area contributed by atoms with E-state index in [0.717, 1.165) is 11.1 Å². The number of methoxy groups -OCH3 is 2. The van der Waals surface area contributed by atoms with E-state index >= 15 is 0 Å². The second kappa shape index (κ2) is 16.8. The van der Waals surface area contributed by atoms with Crippen LogP contribution < -0.4 is 15.1 Å². The van der Waals surface area contributed by atoms with Crippen molar-refractivity contribution in [1.29, 1.82) is 5.26 Å². The second-order valence-corrected chi connectivity index (χ2v) is 11.6. The van der Waals surface area contributed by atoms with E-state index in [4.69, 9.17) is 28.7 Å². The van der Waals surface area contributed by atoms with E-state index in [-0.39, 0.29) is 42.7 Å². The first kappa shape index (κ1) is 35.2. The van der Waals surface area contributed by atoms with Gasteiger partial charge in [0.15, 0.2) is 28.6 Å². The van der Waals surface area contributed by atoms with Crippen LogP contribution >= 0.6 is 0 Å². The lowest BCUT2D eigenvalue weighted by Gasteiger charge is -2.31. The molecule has 1 aromatic heterocycles. The predicted molar refractivity (Wildman–Crippen MR) is 177 cm³/mol. The Kier molecular flexibility index (Phi) is 12.1. The Hall–Kier alpha value is -5.10. The number of carbonyl (C=O) groups is 3. The highest BCUT2D eigenvalue weighted by atomic mass is 16.5. The van der Waals surface area contributed by atoms with Gasteiger partial charge in [-0.05, 0) is 17.5 Å². The van der Waals surface area contributed by atoms with Gasteiger partial charge in [-0.15, -0.1) is 0 Å². The van der Waals surface area contributed by atoms with Crippen LogP contribution in [0.3, 0.4) is 0 Å². The van der Waals surface area contributed by atoms with Gasteiger partial charge in [0.2, 0.25) is 0 Å². The van der Waals surface area contributed by atoms with Gasteiger partial charge in [-0.2, -0.15) is 5.26 Å². The Morgan fingerprint density at radius 1 is 0.939 bits per heavy atom. The van der Waals surface area contributed by atoms with Gasteiger partial charge in [0.1, 0.15) is 19.3 Å². The van der Waals surface area contributed by atoms with Crippen LogP contribution in [0.15, 0.2) is 60.7 Å². The minimum Gasteiger partial charge on any atom is -0.461 e. The number of nitriles is 1. The summed E-state index contributed by atoms with van der Waals surface area (Å²) in [6.45, 7) is 2.80. The first-order valence-electron chi connectivity index (χ1n) is 16.0. The fourth-order valence-corrected chi connectivity index (χ4v) is 5.49. The maximum absolute atomic E-state index is 14.3. The average Bonchev–Trinajstić information content (AvgIpc) is 3.88. The number of benzene rings is 2. The summed E-state index contributed by atoms with van der Waals surface area (Å²) < 4.78 is 27.3. The topological polar surface area (TPSA) is 165 Å². The van der Waals surface area contributed by atoms with Gasteiger partial charge in [-0.1, -0.05) is 60.7 Å². The van der Waals surface area contributed by atoms with Crippen LogP contribution in [0, 0.1) is 17.2 Å². The average molecular weight is 673 g/mol. The molecule has 3 aromatic rings. The minimum absolute atomic E-state index is 0.00365. The van der Waals surface area contributed by atoms with Crippen LogP contribution in [-0.4, -0.2) is 100 Å². The molecule has 2 unspecified atom stereocenters. The Morgan fingerprint density at radius 2 is 1.53 bits per heavy atom. The van der Waals surface area contributed by atoms with Gasteiger partial charge < -0.3 is 38.8 Å². The minimum atomic E-state index is -1.70. The van der Waals surface area contributed by atoms with Crippen LogP contribution in [-0.2, 0) is 46.5 Å². The largest absolute Gasteiger partial charge is 0.461 e. The zero-order valence-electron chi connectivity index (χ0n) is 27.6. The molecule has 2 aromatic carbocycles. The standard InChI is InChI=1S/C35H40N6O8/c1-45-17-13-40(14-18-46-2)30-28(22-36)37-31(41-15-19-47-20-16-41)29(38-30)32(42)39-35(34(44)49-24-26-11-7-4-8-12-26)21-27(35)33(43)48-23-25-9-5-3-6-10-25/h3-12,27H,13-21,23-24H2,1-2H3,(H,39,42). The molecular formula is C35H40N6O8. The Labute approximate surface area is 284 Å². The number of anilines is 2. The van der Waals surface area contributed by atoms with Crippen molar-refractivity contribution in [3.63, 3.8) is 0 Å². The molecule has 1 aliphatic carbocycles. The van der Waals surface area contributed by atoms with Gasteiger partial charge in [-0.25, -0.2) is 14.8 Å². The van der Waals surface area contributed by atoms with Crippen LogP contribution in [0.1, 0.15) is 33.7 Å². The quantitative estimate of drug-likeness (QED) is 0.221. The summed E-state index contributed by atoms with van der Waals surface area (Å²) in [6, 6.07) is 20.4. The molecule has 14 heteroatoms. The number of aromatic nitrogens is 2. The molecule has 14 nitrogen and oxygen atoms in total. The highest BCUT2D eigenvalue weighted by Gasteiger charge is 2.67. The van der Waals surface area contributed by atoms with Gasteiger partial charge in [0, 0.05) is 40.4 Å². The summed E-state index contributed by atoms with van der Waals surface area (Å²) in [5, 5.41) is 12.9.